The van der Waals surface area contributed by atoms with Crippen LogP contribution in [0.5, 0.6) is 0 Å². The maximum absolute atomic E-state index is 12.5. The number of carbonyl (C=O) groups is 2. The van der Waals surface area contributed by atoms with E-state index in [9.17, 15) is 14.7 Å². The van der Waals surface area contributed by atoms with Gasteiger partial charge in [0, 0.05) is 29.1 Å². The molecule has 0 spiro atoms. The highest BCUT2D eigenvalue weighted by Gasteiger charge is 2.35. The van der Waals surface area contributed by atoms with Crippen molar-refractivity contribution in [3.63, 3.8) is 0 Å². The van der Waals surface area contributed by atoms with Gasteiger partial charge in [0.2, 0.25) is 0 Å². The first-order chi connectivity index (χ1) is 11.2. The van der Waals surface area contributed by atoms with Crippen molar-refractivity contribution < 1.29 is 14.7 Å². The minimum Gasteiger partial charge on any atom is -0.481 e. The van der Waals surface area contributed by atoms with Crippen LogP contribution in [0.2, 0.25) is 0 Å². The quantitative estimate of drug-likeness (QED) is 0.931. The second-order valence-corrected chi connectivity index (χ2v) is 7.61. The third-order valence-electron chi connectivity index (χ3n) is 4.85. The van der Waals surface area contributed by atoms with Crippen molar-refractivity contribution in [1.82, 2.24) is 4.57 Å². The van der Waals surface area contributed by atoms with E-state index in [1.807, 2.05) is 23.6 Å². The Labute approximate surface area is 142 Å². The summed E-state index contributed by atoms with van der Waals surface area (Å²) in [6, 6.07) is 7.88. The van der Waals surface area contributed by atoms with Gasteiger partial charge in [-0.25, -0.2) is 0 Å². The van der Waals surface area contributed by atoms with E-state index >= 15 is 0 Å². The van der Waals surface area contributed by atoms with E-state index < -0.39 is 5.97 Å². The van der Waals surface area contributed by atoms with Crippen LogP contribution in [0.1, 0.15) is 53.1 Å². The highest BCUT2D eigenvalue weighted by molar-refractivity contribution is 5.99. The monoisotopic (exact) mass is 325 g/mol. The predicted octanol–water partition coefficient (Wildman–Crippen LogP) is 3.88. The number of rotatable bonds is 3. The average molecular weight is 325 g/mol. The van der Waals surface area contributed by atoms with Gasteiger partial charge >= 0.3 is 5.97 Å². The zero-order valence-corrected chi connectivity index (χ0v) is 14.6. The van der Waals surface area contributed by atoms with E-state index in [1.54, 1.807) is 6.07 Å². The van der Waals surface area contributed by atoms with Gasteiger partial charge in [-0.15, -0.1) is 0 Å². The van der Waals surface area contributed by atoms with Crippen molar-refractivity contribution in [2.24, 2.45) is 5.41 Å². The number of carboxylic acids is 1. The number of benzene rings is 1. The van der Waals surface area contributed by atoms with E-state index in [-0.39, 0.29) is 17.6 Å². The molecular weight excluding hydrogens is 302 g/mol. The number of aliphatic carboxylic acids is 1. The lowest BCUT2D eigenvalue weighted by Crippen LogP contribution is -2.28. The maximum atomic E-state index is 12.5. The van der Waals surface area contributed by atoms with Gasteiger partial charge in [-0.05, 0) is 55.0 Å². The molecule has 0 amide bonds. The van der Waals surface area contributed by atoms with Crippen LogP contribution in [0, 0.1) is 19.3 Å². The lowest BCUT2D eigenvalue weighted by molar-refractivity contribution is -0.136. The van der Waals surface area contributed by atoms with Crippen molar-refractivity contribution in [2.45, 2.75) is 47.0 Å². The van der Waals surface area contributed by atoms with E-state index in [0.717, 1.165) is 23.4 Å². The Morgan fingerprint density at radius 3 is 2.50 bits per heavy atom. The molecule has 1 aliphatic carbocycles. The standard InChI is InChI=1S/C20H23NO3/c1-12-5-6-14(7-13(12)2)21-15(9-19(23)24)8-16-17(21)10-20(3,4)11-18(16)22/h5-8H,9-11H2,1-4H3,(H,23,24). The minimum atomic E-state index is -0.887. The van der Waals surface area contributed by atoms with Crippen LogP contribution >= 0.6 is 0 Å². The molecule has 1 aromatic heterocycles. The summed E-state index contributed by atoms with van der Waals surface area (Å²) >= 11 is 0. The number of nitrogens with zero attached hydrogens (tertiary/aromatic N) is 1. The van der Waals surface area contributed by atoms with Gasteiger partial charge in [0.25, 0.3) is 0 Å². The van der Waals surface area contributed by atoms with Gasteiger partial charge in [0.05, 0.1) is 6.42 Å². The molecule has 0 saturated heterocycles. The molecule has 0 fully saturated rings. The molecular formula is C20H23NO3. The zero-order valence-electron chi connectivity index (χ0n) is 14.6. The molecule has 4 nitrogen and oxygen atoms in total. The minimum absolute atomic E-state index is 0.0897. The van der Waals surface area contributed by atoms with Crippen molar-refractivity contribution in [3.05, 3.63) is 52.3 Å². The summed E-state index contributed by atoms with van der Waals surface area (Å²) in [5, 5.41) is 9.27. The highest BCUT2D eigenvalue weighted by atomic mass is 16.4. The average Bonchev–Trinajstić information content (AvgIpc) is 2.78. The van der Waals surface area contributed by atoms with Gasteiger partial charge < -0.3 is 9.67 Å². The smallest absolute Gasteiger partial charge is 0.309 e. The molecule has 24 heavy (non-hydrogen) atoms. The van der Waals surface area contributed by atoms with Crippen LogP contribution in [-0.4, -0.2) is 21.4 Å². The molecule has 0 atom stereocenters. The summed E-state index contributed by atoms with van der Waals surface area (Å²) in [5.41, 5.74) is 5.46. The number of hydrogen-bond acceptors (Lipinski definition) is 2. The number of carbonyl (C=O) groups excluding carboxylic acids is 1. The van der Waals surface area contributed by atoms with E-state index in [4.69, 9.17) is 0 Å². The van der Waals surface area contributed by atoms with Gasteiger partial charge in [-0.1, -0.05) is 19.9 Å². The zero-order chi connectivity index (χ0) is 17.6. The number of aryl methyl sites for hydroxylation is 2. The second-order valence-electron chi connectivity index (χ2n) is 7.61. The molecule has 0 aliphatic heterocycles. The Morgan fingerprint density at radius 1 is 1.17 bits per heavy atom. The first-order valence-corrected chi connectivity index (χ1v) is 8.24. The Kier molecular flexibility index (Phi) is 3.86. The van der Waals surface area contributed by atoms with Crippen molar-refractivity contribution >= 4 is 11.8 Å². The van der Waals surface area contributed by atoms with Crippen LogP contribution in [-0.2, 0) is 17.6 Å². The van der Waals surface area contributed by atoms with Gasteiger partial charge in [0.15, 0.2) is 5.78 Å². The van der Waals surface area contributed by atoms with Crippen LogP contribution in [0.15, 0.2) is 24.3 Å². The Morgan fingerprint density at radius 2 is 1.88 bits per heavy atom. The van der Waals surface area contributed by atoms with Gasteiger partial charge in [0.1, 0.15) is 0 Å². The fourth-order valence-corrected chi connectivity index (χ4v) is 3.54. The summed E-state index contributed by atoms with van der Waals surface area (Å²) in [7, 11) is 0. The molecule has 4 heteroatoms. The summed E-state index contributed by atoms with van der Waals surface area (Å²) in [6.45, 7) is 8.26. The predicted molar refractivity (Wildman–Crippen MR) is 93.0 cm³/mol. The molecule has 126 valence electrons. The number of Topliss-reactive ketones (excluding diaryl/α,β-unsaturated/α-hetero) is 1. The van der Waals surface area contributed by atoms with Gasteiger partial charge in [-0.3, -0.25) is 9.59 Å². The third-order valence-corrected chi connectivity index (χ3v) is 4.85. The Hall–Kier alpha value is -2.36. The molecule has 0 unspecified atom stereocenters. The third kappa shape index (κ3) is 2.88. The fourth-order valence-electron chi connectivity index (χ4n) is 3.54. The summed E-state index contributed by atoms with van der Waals surface area (Å²) < 4.78 is 1.98. The Bertz CT molecular complexity index is 843. The highest BCUT2D eigenvalue weighted by Crippen LogP contribution is 2.38. The van der Waals surface area contributed by atoms with Gasteiger partial charge in [-0.2, -0.15) is 0 Å². The number of aromatic nitrogens is 1. The number of ketones is 1. The summed E-state index contributed by atoms with van der Waals surface area (Å²) in [5.74, 6) is -0.780. The van der Waals surface area contributed by atoms with Crippen molar-refractivity contribution in [1.29, 1.82) is 0 Å². The number of carboxylic acid groups (broad SMARTS) is 1. The number of hydrogen-bond donors (Lipinski definition) is 1. The second kappa shape index (κ2) is 5.62. The lowest BCUT2D eigenvalue weighted by atomic mass is 9.76. The van der Waals surface area contributed by atoms with Crippen molar-refractivity contribution in [2.75, 3.05) is 0 Å². The molecule has 3 rings (SSSR count). The maximum Gasteiger partial charge on any atom is 0.309 e. The summed E-state index contributed by atoms with van der Waals surface area (Å²) in [4.78, 5) is 23.8. The molecule has 2 aromatic rings. The topological polar surface area (TPSA) is 59.3 Å². The van der Waals surface area contributed by atoms with E-state index in [0.29, 0.717) is 17.7 Å². The van der Waals surface area contributed by atoms with Crippen LogP contribution in [0.25, 0.3) is 5.69 Å². The van der Waals surface area contributed by atoms with Crippen LogP contribution in [0.3, 0.4) is 0 Å². The van der Waals surface area contributed by atoms with Crippen LogP contribution in [0.4, 0.5) is 0 Å². The molecule has 0 saturated carbocycles. The molecule has 1 aromatic carbocycles. The summed E-state index contributed by atoms with van der Waals surface area (Å²) in [6.07, 6.45) is 1.18. The molecule has 1 aliphatic rings. The Balaban J connectivity index is 2.24. The first-order valence-electron chi connectivity index (χ1n) is 8.24. The first kappa shape index (κ1) is 16.5. The molecule has 0 radical (unpaired) electrons. The molecule has 0 bridgehead atoms. The largest absolute Gasteiger partial charge is 0.481 e. The molecule has 1 heterocycles. The molecule has 1 N–H and O–H groups in total. The SMILES string of the molecule is Cc1ccc(-n2c(CC(=O)O)cc3c2CC(C)(C)CC3=O)cc1C. The lowest BCUT2D eigenvalue weighted by Gasteiger charge is -2.30. The number of fused-ring (bicyclic) bond motifs is 1. The van der Waals surface area contributed by atoms with Crippen LogP contribution < -0.4 is 0 Å². The fraction of sp³-hybridized carbons (Fsp3) is 0.400. The van der Waals surface area contributed by atoms with E-state index in [2.05, 4.69) is 26.8 Å². The van der Waals surface area contributed by atoms with Crippen molar-refractivity contribution in [3.8, 4) is 5.69 Å². The normalized spacial score (nSPS) is 16.1. The van der Waals surface area contributed by atoms with E-state index in [1.165, 1.54) is 5.56 Å².